The smallest absolute Gasteiger partial charge is 0.170 e. The van der Waals surface area contributed by atoms with Crippen LogP contribution >= 0.6 is 11.6 Å². The van der Waals surface area contributed by atoms with Crippen molar-refractivity contribution < 1.29 is 9.13 Å². The van der Waals surface area contributed by atoms with Crippen LogP contribution in [-0.4, -0.2) is 13.0 Å². The minimum atomic E-state index is -0.481. The van der Waals surface area contributed by atoms with Gasteiger partial charge in [-0.15, -0.1) is 0 Å². The van der Waals surface area contributed by atoms with Gasteiger partial charge < -0.3 is 4.74 Å². The average molecular weight is 214 g/mol. The van der Waals surface area contributed by atoms with E-state index in [2.05, 4.69) is 4.99 Å². The molecule has 4 heteroatoms. The summed E-state index contributed by atoms with van der Waals surface area (Å²) in [5, 5.41) is 0.384. The van der Waals surface area contributed by atoms with E-state index in [1.807, 2.05) is 6.92 Å². The second-order valence-corrected chi connectivity index (χ2v) is 3.85. The Morgan fingerprint density at radius 1 is 1.57 bits per heavy atom. The molecule has 1 atom stereocenters. The minimum absolute atomic E-state index is 0.342. The van der Waals surface area contributed by atoms with Crippen molar-refractivity contribution in [2.45, 2.75) is 12.5 Å². The van der Waals surface area contributed by atoms with Gasteiger partial charge in [0.25, 0.3) is 0 Å². The van der Waals surface area contributed by atoms with E-state index >= 15 is 0 Å². The fourth-order valence-electron chi connectivity index (χ4n) is 1.46. The van der Waals surface area contributed by atoms with Crippen LogP contribution in [0.3, 0.4) is 0 Å². The molecule has 0 N–H and O–H groups in total. The van der Waals surface area contributed by atoms with E-state index in [0.29, 0.717) is 11.6 Å². The summed E-state index contributed by atoms with van der Waals surface area (Å²) in [6, 6.07) is 4.31. The number of aliphatic imine (C=N–C) groups is 1. The SMILES string of the molecule is CC1(c2ccc(F)cc2Cl)COC=N1. The number of nitrogens with zero attached hydrogens (tertiary/aromatic N) is 1. The first-order valence-corrected chi connectivity index (χ1v) is 4.60. The molecule has 0 spiro atoms. The summed E-state index contributed by atoms with van der Waals surface area (Å²) in [6.07, 6.45) is 1.40. The molecule has 0 aliphatic carbocycles. The van der Waals surface area contributed by atoms with Gasteiger partial charge in [0.1, 0.15) is 18.0 Å². The lowest BCUT2D eigenvalue weighted by atomic mass is 9.94. The fraction of sp³-hybridized carbons (Fsp3) is 0.300. The molecule has 1 aliphatic rings. The van der Waals surface area contributed by atoms with Gasteiger partial charge in [0.2, 0.25) is 0 Å². The van der Waals surface area contributed by atoms with Gasteiger partial charge in [-0.05, 0) is 19.1 Å². The molecule has 2 rings (SSSR count). The molecule has 0 aromatic heterocycles. The van der Waals surface area contributed by atoms with Gasteiger partial charge >= 0.3 is 0 Å². The highest BCUT2D eigenvalue weighted by Crippen LogP contribution is 2.33. The Bertz CT molecular complexity index is 394. The quantitative estimate of drug-likeness (QED) is 0.703. The molecular weight excluding hydrogens is 205 g/mol. The number of hydrogen-bond donors (Lipinski definition) is 0. The van der Waals surface area contributed by atoms with Crippen molar-refractivity contribution in [2.75, 3.05) is 6.61 Å². The Morgan fingerprint density at radius 2 is 2.36 bits per heavy atom. The first-order valence-electron chi connectivity index (χ1n) is 4.23. The number of ether oxygens (including phenoxy) is 1. The predicted molar refractivity (Wildman–Crippen MR) is 53.2 cm³/mol. The number of halogens is 2. The first-order chi connectivity index (χ1) is 6.62. The van der Waals surface area contributed by atoms with Gasteiger partial charge in [-0.3, -0.25) is 0 Å². The van der Waals surface area contributed by atoms with Crippen LogP contribution < -0.4 is 0 Å². The Morgan fingerprint density at radius 3 is 2.93 bits per heavy atom. The Kier molecular flexibility index (Phi) is 2.19. The summed E-state index contributed by atoms with van der Waals surface area (Å²) in [6.45, 7) is 2.34. The van der Waals surface area contributed by atoms with E-state index in [4.69, 9.17) is 16.3 Å². The lowest BCUT2D eigenvalue weighted by Crippen LogP contribution is -2.21. The highest BCUT2D eigenvalue weighted by atomic mass is 35.5. The van der Waals surface area contributed by atoms with E-state index in [9.17, 15) is 4.39 Å². The molecule has 0 saturated carbocycles. The lowest BCUT2D eigenvalue weighted by Gasteiger charge is -2.20. The van der Waals surface area contributed by atoms with E-state index < -0.39 is 5.54 Å². The van der Waals surface area contributed by atoms with Crippen molar-refractivity contribution in [3.63, 3.8) is 0 Å². The van der Waals surface area contributed by atoms with Crippen LogP contribution in [0.2, 0.25) is 5.02 Å². The van der Waals surface area contributed by atoms with Gasteiger partial charge in [0, 0.05) is 10.6 Å². The van der Waals surface area contributed by atoms with Crippen LogP contribution in [-0.2, 0) is 10.3 Å². The molecule has 0 radical (unpaired) electrons. The molecule has 14 heavy (non-hydrogen) atoms. The van der Waals surface area contributed by atoms with Gasteiger partial charge in [-0.2, -0.15) is 0 Å². The van der Waals surface area contributed by atoms with Crippen molar-refractivity contribution in [1.29, 1.82) is 0 Å². The zero-order valence-electron chi connectivity index (χ0n) is 7.63. The van der Waals surface area contributed by atoms with Crippen LogP contribution in [0.4, 0.5) is 4.39 Å². The summed E-state index contributed by atoms with van der Waals surface area (Å²) in [7, 11) is 0. The van der Waals surface area contributed by atoms with Crippen molar-refractivity contribution in [1.82, 2.24) is 0 Å². The van der Waals surface area contributed by atoms with Crippen LogP contribution in [0.1, 0.15) is 12.5 Å². The van der Waals surface area contributed by atoms with Crippen LogP contribution in [0.5, 0.6) is 0 Å². The molecule has 1 heterocycles. The molecule has 1 unspecified atom stereocenters. The molecular formula is C10H9ClFNO. The Hall–Kier alpha value is -1.09. The molecule has 0 bridgehead atoms. The van der Waals surface area contributed by atoms with Crippen LogP contribution in [0.25, 0.3) is 0 Å². The molecule has 0 fully saturated rings. The lowest BCUT2D eigenvalue weighted by molar-refractivity contribution is 0.276. The third-order valence-corrected chi connectivity index (χ3v) is 2.60. The largest absolute Gasteiger partial charge is 0.481 e. The summed E-state index contributed by atoms with van der Waals surface area (Å²) in [5.74, 6) is -0.342. The van der Waals surface area contributed by atoms with E-state index in [0.717, 1.165) is 5.56 Å². The Balaban J connectivity index is 2.46. The monoisotopic (exact) mass is 213 g/mol. The predicted octanol–water partition coefficient (Wildman–Crippen LogP) is 2.75. The fourth-order valence-corrected chi connectivity index (χ4v) is 1.83. The van der Waals surface area contributed by atoms with E-state index in [-0.39, 0.29) is 5.82 Å². The highest BCUT2D eigenvalue weighted by Gasteiger charge is 2.31. The maximum absolute atomic E-state index is 12.8. The highest BCUT2D eigenvalue weighted by molar-refractivity contribution is 6.31. The normalized spacial score (nSPS) is 25.1. The maximum Gasteiger partial charge on any atom is 0.170 e. The van der Waals surface area contributed by atoms with Gasteiger partial charge in [-0.1, -0.05) is 17.7 Å². The zero-order valence-corrected chi connectivity index (χ0v) is 8.38. The summed E-state index contributed by atoms with van der Waals surface area (Å²) in [4.78, 5) is 4.17. The third-order valence-electron chi connectivity index (χ3n) is 2.29. The molecule has 1 aliphatic heterocycles. The molecule has 2 nitrogen and oxygen atoms in total. The number of hydrogen-bond acceptors (Lipinski definition) is 2. The summed E-state index contributed by atoms with van der Waals surface area (Å²) < 4.78 is 17.9. The standard InChI is InChI=1S/C10H9ClFNO/c1-10(5-14-6-13-10)8-3-2-7(12)4-9(8)11/h2-4,6H,5H2,1H3. The molecule has 1 aromatic carbocycles. The number of benzene rings is 1. The van der Waals surface area contributed by atoms with E-state index in [1.165, 1.54) is 18.5 Å². The number of rotatable bonds is 1. The molecule has 0 saturated heterocycles. The summed E-state index contributed by atoms with van der Waals surface area (Å²) in [5.41, 5.74) is 0.305. The van der Waals surface area contributed by atoms with E-state index in [1.54, 1.807) is 6.07 Å². The summed E-state index contributed by atoms with van der Waals surface area (Å²) >= 11 is 5.93. The van der Waals surface area contributed by atoms with Gasteiger partial charge in [-0.25, -0.2) is 9.38 Å². The van der Waals surface area contributed by atoms with Crippen LogP contribution in [0.15, 0.2) is 23.2 Å². The van der Waals surface area contributed by atoms with Gasteiger partial charge in [0.15, 0.2) is 6.40 Å². The van der Waals surface area contributed by atoms with Crippen LogP contribution in [0, 0.1) is 5.82 Å². The maximum atomic E-state index is 12.8. The van der Waals surface area contributed by atoms with Crippen molar-refractivity contribution in [3.05, 3.63) is 34.6 Å². The topological polar surface area (TPSA) is 21.6 Å². The third kappa shape index (κ3) is 1.48. The second-order valence-electron chi connectivity index (χ2n) is 3.44. The van der Waals surface area contributed by atoms with Crippen molar-refractivity contribution in [3.8, 4) is 0 Å². The van der Waals surface area contributed by atoms with Gasteiger partial charge in [0.05, 0.1) is 0 Å². The average Bonchev–Trinajstić information content (AvgIpc) is 2.52. The molecule has 0 amide bonds. The second kappa shape index (κ2) is 3.24. The zero-order chi connectivity index (χ0) is 10.2. The first kappa shape index (κ1) is 9.46. The molecule has 74 valence electrons. The van der Waals surface area contributed by atoms with Crippen molar-refractivity contribution in [2.24, 2.45) is 4.99 Å². The minimum Gasteiger partial charge on any atom is -0.481 e. The molecule has 1 aromatic rings. The van der Waals surface area contributed by atoms with Crippen molar-refractivity contribution >= 4 is 18.0 Å². The Labute approximate surface area is 86.4 Å².